The van der Waals surface area contributed by atoms with Gasteiger partial charge in [0, 0.05) is 0 Å². The monoisotopic (exact) mass is 186 g/mol. The minimum atomic E-state index is 1.01. The van der Waals surface area contributed by atoms with E-state index in [1.54, 1.807) is 5.57 Å². The summed E-state index contributed by atoms with van der Waals surface area (Å²) >= 11 is 0. The fourth-order valence-corrected chi connectivity index (χ4v) is 4.42. The molecule has 0 heteroatoms. The molecule has 0 spiro atoms. The van der Waals surface area contributed by atoms with Crippen LogP contribution in [0, 0.1) is 17.8 Å². The van der Waals surface area contributed by atoms with Gasteiger partial charge in [-0.1, -0.05) is 22.8 Å². The Morgan fingerprint density at radius 1 is 1.07 bits per heavy atom. The van der Waals surface area contributed by atoms with Crippen LogP contribution in [-0.4, -0.2) is 0 Å². The van der Waals surface area contributed by atoms with Crippen molar-refractivity contribution in [1.82, 2.24) is 0 Å². The molecular formula is C14H18. The summed E-state index contributed by atoms with van der Waals surface area (Å²) in [5.74, 6) is 3.12. The Labute approximate surface area is 86.1 Å². The molecule has 0 saturated heterocycles. The summed E-state index contributed by atoms with van der Waals surface area (Å²) in [5, 5.41) is 0. The molecule has 74 valence electrons. The van der Waals surface area contributed by atoms with Crippen molar-refractivity contribution in [2.45, 2.75) is 44.9 Å². The van der Waals surface area contributed by atoms with Crippen molar-refractivity contribution < 1.29 is 0 Å². The van der Waals surface area contributed by atoms with Crippen molar-refractivity contribution in [3.63, 3.8) is 0 Å². The molecule has 0 amide bonds. The summed E-state index contributed by atoms with van der Waals surface area (Å²) in [7, 11) is 0. The Kier molecular flexibility index (Phi) is 1.40. The Balaban J connectivity index is 1.68. The van der Waals surface area contributed by atoms with Gasteiger partial charge in [-0.15, -0.1) is 0 Å². The Morgan fingerprint density at radius 2 is 2.07 bits per heavy atom. The molecule has 2 saturated carbocycles. The van der Waals surface area contributed by atoms with Crippen LogP contribution >= 0.6 is 0 Å². The van der Waals surface area contributed by atoms with E-state index in [0.717, 1.165) is 17.8 Å². The first-order valence-corrected chi connectivity index (χ1v) is 6.29. The molecule has 0 aromatic heterocycles. The van der Waals surface area contributed by atoms with Crippen LogP contribution in [0.5, 0.6) is 0 Å². The average molecular weight is 186 g/mol. The van der Waals surface area contributed by atoms with Gasteiger partial charge in [0.2, 0.25) is 0 Å². The predicted molar refractivity (Wildman–Crippen MR) is 57.9 cm³/mol. The normalized spacial score (nSPS) is 44.0. The van der Waals surface area contributed by atoms with Crippen molar-refractivity contribution >= 4 is 0 Å². The minimum absolute atomic E-state index is 1.01. The molecule has 4 bridgehead atoms. The van der Waals surface area contributed by atoms with Gasteiger partial charge >= 0.3 is 0 Å². The quantitative estimate of drug-likeness (QED) is 0.546. The van der Waals surface area contributed by atoms with Gasteiger partial charge in [0.05, 0.1) is 0 Å². The highest BCUT2D eigenvalue weighted by Crippen LogP contribution is 2.55. The second-order valence-corrected chi connectivity index (χ2v) is 5.81. The lowest BCUT2D eigenvalue weighted by Crippen LogP contribution is -2.13. The van der Waals surface area contributed by atoms with Crippen LogP contribution in [0.25, 0.3) is 0 Å². The van der Waals surface area contributed by atoms with E-state index in [4.69, 9.17) is 0 Å². The predicted octanol–water partition coefficient (Wildman–Crippen LogP) is 3.84. The molecule has 0 radical (unpaired) electrons. The van der Waals surface area contributed by atoms with Gasteiger partial charge in [-0.25, -0.2) is 0 Å². The summed E-state index contributed by atoms with van der Waals surface area (Å²) in [5.41, 5.74) is 5.62. The summed E-state index contributed by atoms with van der Waals surface area (Å²) in [6.07, 6.45) is 12.8. The first kappa shape index (κ1) is 7.73. The highest BCUT2D eigenvalue weighted by molar-refractivity contribution is 5.33. The van der Waals surface area contributed by atoms with Crippen molar-refractivity contribution in [3.05, 3.63) is 22.8 Å². The van der Waals surface area contributed by atoms with Gasteiger partial charge in [-0.3, -0.25) is 0 Å². The van der Waals surface area contributed by atoms with Crippen molar-refractivity contribution in [2.75, 3.05) is 0 Å². The SMILES string of the molecule is C1=C2CC(C1)C(C1=C3CCC(C3)C1)C2. The van der Waals surface area contributed by atoms with Gasteiger partial charge in [-0.2, -0.15) is 0 Å². The molecule has 2 fully saturated rings. The zero-order valence-corrected chi connectivity index (χ0v) is 8.76. The zero-order valence-electron chi connectivity index (χ0n) is 8.76. The molecule has 4 aliphatic carbocycles. The largest absolute Gasteiger partial charge is 0.0850 e. The fourth-order valence-electron chi connectivity index (χ4n) is 4.42. The molecule has 0 aromatic rings. The van der Waals surface area contributed by atoms with Crippen molar-refractivity contribution in [2.24, 2.45) is 17.8 Å². The van der Waals surface area contributed by atoms with Gasteiger partial charge in [0.15, 0.2) is 0 Å². The van der Waals surface area contributed by atoms with E-state index in [2.05, 4.69) is 6.08 Å². The van der Waals surface area contributed by atoms with Crippen molar-refractivity contribution in [3.8, 4) is 0 Å². The minimum Gasteiger partial charge on any atom is -0.0850 e. The second kappa shape index (κ2) is 2.53. The van der Waals surface area contributed by atoms with Crippen LogP contribution in [0.1, 0.15) is 44.9 Å². The first-order valence-electron chi connectivity index (χ1n) is 6.29. The third-order valence-corrected chi connectivity index (χ3v) is 5.08. The zero-order chi connectivity index (χ0) is 9.12. The summed E-state index contributed by atoms with van der Waals surface area (Å²) in [6.45, 7) is 0. The van der Waals surface area contributed by atoms with E-state index in [9.17, 15) is 0 Å². The molecule has 14 heavy (non-hydrogen) atoms. The molecule has 4 rings (SSSR count). The van der Waals surface area contributed by atoms with Crippen LogP contribution in [0.4, 0.5) is 0 Å². The smallest absolute Gasteiger partial charge is 0.0129 e. The van der Waals surface area contributed by atoms with E-state index < -0.39 is 0 Å². The van der Waals surface area contributed by atoms with Gasteiger partial charge < -0.3 is 0 Å². The van der Waals surface area contributed by atoms with Crippen molar-refractivity contribution in [1.29, 1.82) is 0 Å². The standard InChI is InChI=1S/C14H18/c1-3-11-5-9(1)7-13(11)14-8-10-2-4-12(14)6-10/h1,10-11,13H,2-8H2. The van der Waals surface area contributed by atoms with Crippen LogP contribution in [0.3, 0.4) is 0 Å². The molecule has 4 aliphatic rings. The summed E-state index contributed by atoms with van der Waals surface area (Å²) < 4.78 is 0. The highest BCUT2D eigenvalue weighted by Gasteiger charge is 2.41. The van der Waals surface area contributed by atoms with E-state index in [1.165, 1.54) is 44.9 Å². The Bertz CT molecular complexity index is 345. The number of rotatable bonds is 1. The van der Waals surface area contributed by atoms with Crippen LogP contribution in [0.2, 0.25) is 0 Å². The number of fused-ring (bicyclic) bond motifs is 4. The van der Waals surface area contributed by atoms with E-state index in [-0.39, 0.29) is 0 Å². The van der Waals surface area contributed by atoms with E-state index >= 15 is 0 Å². The van der Waals surface area contributed by atoms with Crippen LogP contribution < -0.4 is 0 Å². The van der Waals surface area contributed by atoms with Gasteiger partial charge in [0.1, 0.15) is 0 Å². The molecule has 0 N–H and O–H groups in total. The number of allylic oxidation sites excluding steroid dienone is 4. The Morgan fingerprint density at radius 3 is 2.64 bits per heavy atom. The molecule has 3 unspecified atom stereocenters. The molecule has 0 aliphatic heterocycles. The number of hydrogen-bond donors (Lipinski definition) is 0. The first-order chi connectivity index (χ1) is 6.90. The van der Waals surface area contributed by atoms with Gasteiger partial charge in [0.25, 0.3) is 0 Å². The Hall–Kier alpha value is -0.520. The fraction of sp³-hybridized carbons (Fsp3) is 0.714. The second-order valence-electron chi connectivity index (χ2n) is 5.81. The van der Waals surface area contributed by atoms with E-state index in [1.807, 2.05) is 11.1 Å². The number of hydrogen-bond acceptors (Lipinski definition) is 0. The van der Waals surface area contributed by atoms with Crippen LogP contribution in [-0.2, 0) is 0 Å². The molecule has 0 heterocycles. The molecular weight excluding hydrogens is 168 g/mol. The third-order valence-electron chi connectivity index (χ3n) is 5.08. The lowest BCUT2D eigenvalue weighted by atomic mass is 9.81. The third kappa shape index (κ3) is 0.898. The topological polar surface area (TPSA) is 0 Å². The van der Waals surface area contributed by atoms with Gasteiger partial charge in [-0.05, 0) is 62.7 Å². The lowest BCUT2D eigenvalue weighted by Gasteiger charge is -2.24. The molecule has 0 aromatic carbocycles. The average Bonchev–Trinajstić information content (AvgIpc) is 2.96. The summed E-state index contributed by atoms with van der Waals surface area (Å²) in [4.78, 5) is 0. The van der Waals surface area contributed by atoms with Crippen LogP contribution in [0.15, 0.2) is 22.8 Å². The maximum atomic E-state index is 2.51. The molecule has 3 atom stereocenters. The maximum Gasteiger partial charge on any atom is -0.0129 e. The maximum absolute atomic E-state index is 2.51. The summed E-state index contributed by atoms with van der Waals surface area (Å²) in [6, 6.07) is 0. The highest BCUT2D eigenvalue weighted by atomic mass is 14.5. The van der Waals surface area contributed by atoms with E-state index in [0.29, 0.717) is 0 Å². The molecule has 0 nitrogen and oxygen atoms in total. The lowest BCUT2D eigenvalue weighted by molar-refractivity contribution is 0.414.